The van der Waals surface area contributed by atoms with Crippen LogP contribution in [0, 0.1) is 6.92 Å². The average molecular weight is 284 g/mol. The van der Waals surface area contributed by atoms with Crippen molar-refractivity contribution in [2.75, 3.05) is 0 Å². The Balaban J connectivity index is 2.60. The Kier molecular flexibility index (Phi) is 5.19. The van der Waals surface area contributed by atoms with Gasteiger partial charge in [0.25, 0.3) is 0 Å². The largest absolute Gasteiger partial charge is 0.481 e. The molecule has 3 N–H and O–H groups in total. The molecule has 0 saturated carbocycles. The van der Waals surface area contributed by atoms with E-state index in [0.717, 1.165) is 11.1 Å². The Morgan fingerprint density at radius 3 is 2.63 bits per heavy atom. The van der Waals surface area contributed by atoms with E-state index in [1.165, 1.54) is 17.4 Å². The van der Waals surface area contributed by atoms with Gasteiger partial charge in [-0.2, -0.15) is 0 Å². The number of thiazole rings is 1. The molecular formula is C11H12N2O5S. The van der Waals surface area contributed by atoms with Crippen molar-refractivity contribution in [1.82, 2.24) is 10.3 Å². The molecule has 1 amide bonds. The molecule has 102 valence electrons. The summed E-state index contributed by atoms with van der Waals surface area (Å²) in [5, 5.41) is 21.9. The van der Waals surface area contributed by atoms with Crippen LogP contribution in [0.1, 0.15) is 17.1 Å². The molecule has 0 spiro atoms. The summed E-state index contributed by atoms with van der Waals surface area (Å²) in [6.45, 7) is 1.81. The quantitative estimate of drug-likeness (QED) is 0.655. The number of carboxylic acid groups (broad SMARTS) is 2. The minimum Gasteiger partial charge on any atom is -0.481 e. The molecule has 1 atom stereocenters. The lowest BCUT2D eigenvalue weighted by atomic mass is 10.2. The van der Waals surface area contributed by atoms with Gasteiger partial charge in [-0.05, 0) is 13.0 Å². The lowest BCUT2D eigenvalue weighted by Crippen LogP contribution is -2.41. The van der Waals surface area contributed by atoms with Crippen molar-refractivity contribution >= 4 is 35.3 Å². The molecule has 0 bridgehead atoms. The normalized spacial score (nSPS) is 12.3. The summed E-state index contributed by atoms with van der Waals surface area (Å²) < 4.78 is 0. The third kappa shape index (κ3) is 5.30. The molecule has 8 heteroatoms. The predicted molar refractivity (Wildman–Crippen MR) is 67.7 cm³/mol. The number of nitrogens with zero attached hydrogens (tertiary/aromatic N) is 1. The highest BCUT2D eigenvalue weighted by atomic mass is 32.1. The molecule has 1 rings (SSSR count). The topological polar surface area (TPSA) is 117 Å². The highest BCUT2D eigenvalue weighted by Crippen LogP contribution is 2.09. The van der Waals surface area contributed by atoms with E-state index in [0.29, 0.717) is 5.69 Å². The number of hydrogen-bond donors (Lipinski definition) is 3. The van der Waals surface area contributed by atoms with Crippen LogP contribution in [-0.2, 0) is 14.4 Å². The van der Waals surface area contributed by atoms with Gasteiger partial charge in [-0.25, -0.2) is 9.78 Å². The van der Waals surface area contributed by atoms with E-state index < -0.39 is 30.3 Å². The minimum atomic E-state index is -1.45. The van der Waals surface area contributed by atoms with E-state index >= 15 is 0 Å². The van der Waals surface area contributed by atoms with Crippen LogP contribution in [0.15, 0.2) is 11.5 Å². The van der Waals surface area contributed by atoms with Crippen LogP contribution in [0.4, 0.5) is 0 Å². The molecule has 0 radical (unpaired) electrons. The minimum absolute atomic E-state index is 0.586. The number of rotatable bonds is 6. The molecule has 1 aromatic heterocycles. The third-order valence-corrected chi connectivity index (χ3v) is 2.83. The van der Waals surface area contributed by atoms with Gasteiger partial charge in [-0.3, -0.25) is 9.59 Å². The first-order chi connectivity index (χ1) is 8.88. The first kappa shape index (κ1) is 14.8. The zero-order valence-electron chi connectivity index (χ0n) is 9.99. The summed E-state index contributed by atoms with van der Waals surface area (Å²) in [5.41, 5.74) is 0.586. The Hall–Kier alpha value is -2.22. The summed E-state index contributed by atoms with van der Waals surface area (Å²) in [6.07, 6.45) is 1.87. The van der Waals surface area contributed by atoms with Crippen molar-refractivity contribution in [3.05, 3.63) is 22.2 Å². The van der Waals surface area contributed by atoms with Crippen LogP contribution in [0.25, 0.3) is 6.08 Å². The van der Waals surface area contributed by atoms with Crippen LogP contribution in [0.5, 0.6) is 0 Å². The second-order valence-electron chi connectivity index (χ2n) is 3.62. The fourth-order valence-corrected chi connectivity index (χ4v) is 1.79. The molecule has 0 aliphatic carbocycles. The lowest BCUT2D eigenvalue weighted by Gasteiger charge is -2.10. The summed E-state index contributed by atoms with van der Waals surface area (Å²) in [7, 11) is 0. The second-order valence-corrected chi connectivity index (χ2v) is 4.68. The SMILES string of the molecule is Cc1nc(/C=C/C(=O)N[C@H](CC(=O)O)C(=O)O)cs1. The number of nitrogens with one attached hydrogen (secondary N) is 1. The van der Waals surface area contributed by atoms with Gasteiger partial charge >= 0.3 is 11.9 Å². The number of carboxylic acids is 2. The zero-order chi connectivity index (χ0) is 14.4. The van der Waals surface area contributed by atoms with E-state index in [1.807, 2.05) is 6.92 Å². The van der Waals surface area contributed by atoms with E-state index in [2.05, 4.69) is 10.3 Å². The predicted octanol–water partition coefficient (Wildman–Crippen LogP) is 0.509. The van der Waals surface area contributed by atoms with Gasteiger partial charge in [0, 0.05) is 11.5 Å². The lowest BCUT2D eigenvalue weighted by molar-refractivity contribution is -0.146. The Morgan fingerprint density at radius 2 is 2.16 bits per heavy atom. The van der Waals surface area contributed by atoms with Crippen LogP contribution in [0.2, 0.25) is 0 Å². The number of aromatic nitrogens is 1. The van der Waals surface area contributed by atoms with E-state index in [1.54, 1.807) is 5.38 Å². The smallest absolute Gasteiger partial charge is 0.326 e. The van der Waals surface area contributed by atoms with E-state index in [4.69, 9.17) is 10.2 Å². The standard InChI is InChI=1S/C11H12N2O5S/c1-6-12-7(5-19-6)2-3-9(14)13-8(11(17)18)4-10(15)16/h2-3,5,8H,4H2,1H3,(H,13,14)(H,15,16)(H,17,18)/b3-2+/t8-/m1/s1. The van der Waals surface area contributed by atoms with Crippen LogP contribution in [-0.4, -0.2) is 39.1 Å². The monoisotopic (exact) mass is 284 g/mol. The second kappa shape index (κ2) is 6.64. The molecule has 0 aliphatic rings. The van der Waals surface area contributed by atoms with Gasteiger partial charge in [0.15, 0.2) is 0 Å². The van der Waals surface area contributed by atoms with Crippen molar-refractivity contribution in [1.29, 1.82) is 0 Å². The van der Waals surface area contributed by atoms with Gasteiger partial charge in [-0.15, -0.1) is 11.3 Å². The number of carbonyl (C=O) groups excluding carboxylic acids is 1. The summed E-state index contributed by atoms with van der Waals surface area (Å²) in [4.78, 5) is 36.7. The fraction of sp³-hybridized carbons (Fsp3) is 0.273. The molecule has 1 aromatic rings. The highest BCUT2D eigenvalue weighted by molar-refractivity contribution is 7.09. The third-order valence-electron chi connectivity index (χ3n) is 2.04. The number of hydrogen-bond acceptors (Lipinski definition) is 5. The Morgan fingerprint density at radius 1 is 1.47 bits per heavy atom. The molecule has 0 unspecified atom stereocenters. The maximum atomic E-state index is 11.4. The molecule has 19 heavy (non-hydrogen) atoms. The molecule has 0 saturated heterocycles. The van der Waals surface area contributed by atoms with Crippen molar-refractivity contribution in [3.63, 3.8) is 0 Å². The van der Waals surface area contributed by atoms with Crippen molar-refractivity contribution in [2.24, 2.45) is 0 Å². The van der Waals surface area contributed by atoms with Gasteiger partial charge < -0.3 is 15.5 Å². The first-order valence-electron chi connectivity index (χ1n) is 5.24. The summed E-state index contributed by atoms with van der Waals surface area (Å²) in [6, 6.07) is -1.45. The summed E-state index contributed by atoms with van der Waals surface area (Å²) >= 11 is 1.42. The number of aryl methyl sites for hydroxylation is 1. The molecular weight excluding hydrogens is 272 g/mol. The average Bonchev–Trinajstić information content (AvgIpc) is 2.71. The van der Waals surface area contributed by atoms with E-state index in [9.17, 15) is 14.4 Å². The fourth-order valence-electron chi connectivity index (χ4n) is 1.21. The van der Waals surface area contributed by atoms with Crippen molar-refractivity contribution < 1.29 is 24.6 Å². The zero-order valence-corrected chi connectivity index (χ0v) is 10.8. The molecule has 0 fully saturated rings. The number of amides is 1. The van der Waals surface area contributed by atoms with Gasteiger partial charge in [0.1, 0.15) is 6.04 Å². The summed E-state index contributed by atoms with van der Waals surface area (Å²) in [5.74, 6) is -3.38. The van der Waals surface area contributed by atoms with Crippen LogP contribution >= 0.6 is 11.3 Å². The van der Waals surface area contributed by atoms with Gasteiger partial charge in [0.2, 0.25) is 5.91 Å². The molecule has 7 nitrogen and oxygen atoms in total. The molecule has 1 heterocycles. The molecule has 0 aromatic carbocycles. The Labute approximate surface area is 112 Å². The molecule has 0 aliphatic heterocycles. The highest BCUT2D eigenvalue weighted by Gasteiger charge is 2.21. The maximum absolute atomic E-state index is 11.4. The van der Waals surface area contributed by atoms with Crippen molar-refractivity contribution in [3.8, 4) is 0 Å². The van der Waals surface area contributed by atoms with Crippen LogP contribution < -0.4 is 5.32 Å². The number of carbonyl (C=O) groups is 3. The first-order valence-corrected chi connectivity index (χ1v) is 6.11. The Bertz CT molecular complexity index is 523. The number of aliphatic carboxylic acids is 2. The van der Waals surface area contributed by atoms with Crippen LogP contribution in [0.3, 0.4) is 0 Å². The maximum Gasteiger partial charge on any atom is 0.326 e. The van der Waals surface area contributed by atoms with Gasteiger partial charge in [-0.1, -0.05) is 0 Å². The van der Waals surface area contributed by atoms with Crippen molar-refractivity contribution in [2.45, 2.75) is 19.4 Å². The van der Waals surface area contributed by atoms with E-state index in [-0.39, 0.29) is 0 Å². The van der Waals surface area contributed by atoms with Gasteiger partial charge in [0.05, 0.1) is 17.1 Å².